The Bertz CT molecular complexity index is 741. The fourth-order valence-corrected chi connectivity index (χ4v) is 2.82. The van der Waals surface area contributed by atoms with Gasteiger partial charge in [-0.25, -0.2) is 0 Å². The number of halogens is 1. The zero-order chi connectivity index (χ0) is 13.9. The highest BCUT2D eigenvalue weighted by molar-refractivity contribution is 9.10. The molecule has 0 aliphatic carbocycles. The molecule has 0 radical (unpaired) electrons. The lowest BCUT2D eigenvalue weighted by atomic mass is 10.0. The van der Waals surface area contributed by atoms with Crippen molar-refractivity contribution in [1.82, 2.24) is 0 Å². The first-order valence-corrected chi connectivity index (χ1v) is 7.42. The van der Waals surface area contributed by atoms with Crippen molar-refractivity contribution in [3.63, 3.8) is 0 Å². The Kier molecular flexibility index (Phi) is 3.75. The van der Waals surface area contributed by atoms with Crippen LogP contribution in [0.1, 0.15) is 16.9 Å². The Labute approximate surface area is 127 Å². The molecule has 0 N–H and O–H groups in total. The summed E-state index contributed by atoms with van der Waals surface area (Å²) in [5, 5.41) is 1.17. The highest BCUT2D eigenvalue weighted by atomic mass is 79.9. The van der Waals surface area contributed by atoms with Gasteiger partial charge in [0.2, 0.25) is 0 Å². The van der Waals surface area contributed by atoms with Gasteiger partial charge < -0.3 is 4.42 Å². The van der Waals surface area contributed by atoms with Crippen LogP contribution in [0.5, 0.6) is 0 Å². The minimum atomic E-state index is 0.816. The van der Waals surface area contributed by atoms with Gasteiger partial charge in [-0.2, -0.15) is 0 Å². The highest BCUT2D eigenvalue weighted by Crippen LogP contribution is 2.30. The minimum Gasteiger partial charge on any atom is -0.460 e. The van der Waals surface area contributed by atoms with Crippen molar-refractivity contribution < 1.29 is 4.42 Å². The van der Waals surface area contributed by atoms with E-state index in [-0.39, 0.29) is 0 Å². The summed E-state index contributed by atoms with van der Waals surface area (Å²) in [5.74, 6) is 1.03. The summed E-state index contributed by atoms with van der Waals surface area (Å²) < 4.78 is 7.11. The maximum atomic E-state index is 6.04. The third kappa shape index (κ3) is 2.56. The molecule has 3 rings (SSSR count). The van der Waals surface area contributed by atoms with Crippen molar-refractivity contribution in [3.05, 3.63) is 82.5 Å². The van der Waals surface area contributed by atoms with Gasteiger partial charge in [-0.15, -0.1) is 6.58 Å². The van der Waals surface area contributed by atoms with Gasteiger partial charge in [-0.05, 0) is 30.2 Å². The first kappa shape index (κ1) is 13.2. The van der Waals surface area contributed by atoms with Crippen LogP contribution < -0.4 is 0 Å². The highest BCUT2D eigenvalue weighted by Gasteiger charge is 2.13. The summed E-state index contributed by atoms with van der Waals surface area (Å²) >= 11 is 3.53. The van der Waals surface area contributed by atoms with Crippen molar-refractivity contribution in [2.45, 2.75) is 12.8 Å². The molecule has 3 aromatic rings. The van der Waals surface area contributed by atoms with Crippen LogP contribution in [-0.2, 0) is 12.8 Å². The Morgan fingerprint density at radius 3 is 2.65 bits per heavy atom. The Morgan fingerprint density at radius 1 is 1.10 bits per heavy atom. The summed E-state index contributed by atoms with van der Waals surface area (Å²) in [6.07, 6.45) is 3.57. The zero-order valence-electron chi connectivity index (χ0n) is 11.1. The second-order valence-electron chi connectivity index (χ2n) is 4.80. The SMILES string of the molecule is C=CCc1c(Cc2ccccc2)oc2ccc(Br)cc12. The van der Waals surface area contributed by atoms with Crippen LogP contribution in [0, 0.1) is 0 Å². The minimum absolute atomic E-state index is 0.816. The van der Waals surface area contributed by atoms with Crippen LogP contribution in [-0.4, -0.2) is 0 Å². The van der Waals surface area contributed by atoms with Gasteiger partial charge in [0.1, 0.15) is 11.3 Å². The van der Waals surface area contributed by atoms with Crippen molar-refractivity contribution in [1.29, 1.82) is 0 Å². The summed E-state index contributed by atoms with van der Waals surface area (Å²) in [6.45, 7) is 3.86. The smallest absolute Gasteiger partial charge is 0.134 e. The number of allylic oxidation sites excluding steroid dienone is 1. The van der Waals surface area contributed by atoms with Crippen LogP contribution in [0.3, 0.4) is 0 Å². The first-order valence-electron chi connectivity index (χ1n) is 6.62. The number of furan rings is 1. The number of benzene rings is 2. The third-order valence-electron chi connectivity index (χ3n) is 3.39. The molecule has 0 aliphatic rings. The van der Waals surface area contributed by atoms with E-state index in [1.54, 1.807) is 0 Å². The van der Waals surface area contributed by atoms with Crippen molar-refractivity contribution in [2.24, 2.45) is 0 Å². The molecule has 0 bridgehead atoms. The van der Waals surface area contributed by atoms with Gasteiger partial charge in [-0.3, -0.25) is 0 Å². The van der Waals surface area contributed by atoms with E-state index in [0.717, 1.165) is 28.7 Å². The maximum Gasteiger partial charge on any atom is 0.134 e. The lowest BCUT2D eigenvalue weighted by Gasteiger charge is -2.01. The lowest BCUT2D eigenvalue weighted by Crippen LogP contribution is -1.90. The van der Waals surface area contributed by atoms with Gasteiger partial charge >= 0.3 is 0 Å². The maximum absolute atomic E-state index is 6.04. The van der Waals surface area contributed by atoms with Crippen LogP contribution in [0.25, 0.3) is 11.0 Å². The third-order valence-corrected chi connectivity index (χ3v) is 3.89. The quantitative estimate of drug-likeness (QED) is 0.576. The van der Waals surface area contributed by atoms with Crippen LogP contribution in [0.15, 0.2) is 70.1 Å². The van der Waals surface area contributed by atoms with Crippen molar-refractivity contribution >= 4 is 26.9 Å². The van der Waals surface area contributed by atoms with Crippen LogP contribution in [0.2, 0.25) is 0 Å². The molecule has 1 nitrogen and oxygen atoms in total. The summed E-state index contributed by atoms with van der Waals surface area (Å²) in [6, 6.07) is 16.5. The van der Waals surface area contributed by atoms with E-state index in [1.165, 1.54) is 16.5 Å². The van der Waals surface area contributed by atoms with E-state index >= 15 is 0 Å². The van der Waals surface area contributed by atoms with E-state index in [4.69, 9.17) is 4.42 Å². The molecular formula is C18H15BrO. The van der Waals surface area contributed by atoms with Gasteiger partial charge in [0.05, 0.1) is 0 Å². The van der Waals surface area contributed by atoms with E-state index in [1.807, 2.05) is 24.3 Å². The lowest BCUT2D eigenvalue weighted by molar-refractivity contribution is 0.557. The molecule has 0 spiro atoms. The molecule has 1 aromatic heterocycles. The monoisotopic (exact) mass is 326 g/mol. The van der Waals surface area contributed by atoms with Gasteiger partial charge in [0, 0.05) is 21.8 Å². The van der Waals surface area contributed by atoms with E-state index in [0.29, 0.717) is 0 Å². The Balaban J connectivity index is 2.09. The normalized spacial score (nSPS) is 10.8. The molecule has 2 heteroatoms. The summed E-state index contributed by atoms with van der Waals surface area (Å²) in [5.41, 5.74) is 3.44. The molecular weight excluding hydrogens is 312 g/mol. The van der Waals surface area contributed by atoms with Crippen LogP contribution >= 0.6 is 15.9 Å². The van der Waals surface area contributed by atoms with Gasteiger partial charge in [-0.1, -0.05) is 52.3 Å². The van der Waals surface area contributed by atoms with E-state index in [2.05, 4.69) is 52.8 Å². The Morgan fingerprint density at radius 2 is 1.90 bits per heavy atom. The van der Waals surface area contributed by atoms with Gasteiger partial charge in [0.15, 0.2) is 0 Å². The molecule has 0 saturated carbocycles. The molecule has 100 valence electrons. The molecule has 20 heavy (non-hydrogen) atoms. The number of fused-ring (bicyclic) bond motifs is 1. The van der Waals surface area contributed by atoms with Gasteiger partial charge in [0.25, 0.3) is 0 Å². The topological polar surface area (TPSA) is 13.1 Å². The predicted octanol–water partition coefficient (Wildman–Crippen LogP) is 5.51. The second kappa shape index (κ2) is 5.68. The van der Waals surface area contributed by atoms with Crippen molar-refractivity contribution in [2.75, 3.05) is 0 Å². The first-order chi connectivity index (χ1) is 9.78. The largest absolute Gasteiger partial charge is 0.460 e. The van der Waals surface area contributed by atoms with Crippen LogP contribution in [0.4, 0.5) is 0 Å². The zero-order valence-corrected chi connectivity index (χ0v) is 12.7. The Hall–Kier alpha value is -1.80. The second-order valence-corrected chi connectivity index (χ2v) is 5.72. The number of hydrogen-bond acceptors (Lipinski definition) is 1. The number of hydrogen-bond donors (Lipinski definition) is 0. The summed E-state index contributed by atoms with van der Waals surface area (Å²) in [7, 11) is 0. The molecule has 2 aromatic carbocycles. The molecule has 0 saturated heterocycles. The molecule has 1 heterocycles. The van der Waals surface area contributed by atoms with Crippen molar-refractivity contribution in [3.8, 4) is 0 Å². The number of rotatable bonds is 4. The fraction of sp³-hybridized carbons (Fsp3) is 0.111. The standard InChI is InChI=1S/C18H15BrO/c1-2-6-15-16-12-14(19)9-10-17(16)20-18(15)11-13-7-4-3-5-8-13/h2-5,7-10,12H,1,6,11H2. The molecule has 0 atom stereocenters. The molecule has 0 fully saturated rings. The summed E-state index contributed by atoms with van der Waals surface area (Å²) in [4.78, 5) is 0. The molecule has 0 unspecified atom stereocenters. The fourth-order valence-electron chi connectivity index (χ4n) is 2.46. The predicted molar refractivity (Wildman–Crippen MR) is 87.1 cm³/mol. The van der Waals surface area contributed by atoms with E-state index in [9.17, 15) is 0 Å². The average molecular weight is 327 g/mol. The molecule has 0 aliphatic heterocycles. The molecule has 0 amide bonds. The average Bonchev–Trinajstić information content (AvgIpc) is 2.78. The van der Waals surface area contributed by atoms with E-state index < -0.39 is 0 Å².